The van der Waals surface area contributed by atoms with E-state index in [1.54, 1.807) is 16.9 Å². The van der Waals surface area contributed by atoms with Crippen molar-refractivity contribution >= 4 is 16.9 Å². The molecule has 0 fully saturated rings. The van der Waals surface area contributed by atoms with E-state index >= 15 is 0 Å². The van der Waals surface area contributed by atoms with Gasteiger partial charge in [-0.05, 0) is 42.7 Å². The Bertz CT molecular complexity index is 911. The molecule has 29 heavy (non-hydrogen) atoms. The quantitative estimate of drug-likeness (QED) is 0.431. The SMILES string of the molecule is C[N+](C)(C)CCCCNC(=O)CC(c1ccc(O)cc1)n1nc2ccccc2n1. The van der Waals surface area contributed by atoms with Gasteiger partial charge < -0.3 is 14.9 Å². The second-order valence-corrected chi connectivity index (χ2v) is 8.39. The lowest BCUT2D eigenvalue weighted by atomic mass is 10.0. The lowest BCUT2D eigenvalue weighted by Gasteiger charge is -2.23. The summed E-state index contributed by atoms with van der Waals surface area (Å²) in [6, 6.07) is 14.2. The van der Waals surface area contributed by atoms with E-state index in [4.69, 9.17) is 0 Å². The van der Waals surface area contributed by atoms with Crippen molar-refractivity contribution in [2.24, 2.45) is 0 Å². The maximum Gasteiger partial charge on any atom is 0.222 e. The summed E-state index contributed by atoms with van der Waals surface area (Å²) in [4.78, 5) is 14.2. The number of amides is 1. The number of phenolic OH excluding ortho intramolecular Hbond substituents is 1. The van der Waals surface area contributed by atoms with Gasteiger partial charge in [-0.25, -0.2) is 0 Å². The molecular formula is C22H30N5O2+. The summed E-state index contributed by atoms with van der Waals surface area (Å²) in [5, 5.41) is 21.8. The number of fused-ring (bicyclic) bond motifs is 1. The number of phenols is 1. The zero-order valence-corrected chi connectivity index (χ0v) is 17.4. The Morgan fingerprint density at radius 3 is 2.24 bits per heavy atom. The average Bonchev–Trinajstić information content (AvgIpc) is 3.09. The van der Waals surface area contributed by atoms with Crippen molar-refractivity contribution < 1.29 is 14.4 Å². The topological polar surface area (TPSA) is 80.0 Å². The molecule has 3 aromatic rings. The number of aromatic hydroxyl groups is 1. The molecule has 0 aliphatic heterocycles. The Kier molecular flexibility index (Phi) is 6.49. The molecule has 1 heterocycles. The summed E-state index contributed by atoms with van der Waals surface area (Å²) in [5.74, 6) is 0.155. The van der Waals surface area contributed by atoms with Crippen LogP contribution in [-0.4, -0.2) is 64.7 Å². The fraction of sp³-hybridized carbons (Fsp3) is 0.409. The summed E-state index contributed by atoms with van der Waals surface area (Å²) >= 11 is 0. The Hall–Kier alpha value is -2.93. The van der Waals surface area contributed by atoms with Crippen LogP contribution in [-0.2, 0) is 4.79 Å². The molecule has 1 unspecified atom stereocenters. The normalized spacial score (nSPS) is 12.8. The first-order valence-electron chi connectivity index (χ1n) is 9.99. The summed E-state index contributed by atoms with van der Waals surface area (Å²) in [7, 11) is 6.51. The van der Waals surface area contributed by atoms with Gasteiger partial charge in [-0.3, -0.25) is 4.79 Å². The number of nitrogens with zero attached hydrogens (tertiary/aromatic N) is 4. The fourth-order valence-corrected chi connectivity index (χ4v) is 3.23. The monoisotopic (exact) mass is 396 g/mol. The lowest BCUT2D eigenvalue weighted by Crippen LogP contribution is -2.36. The average molecular weight is 397 g/mol. The van der Waals surface area contributed by atoms with Gasteiger partial charge in [0.2, 0.25) is 5.91 Å². The number of benzene rings is 2. The van der Waals surface area contributed by atoms with E-state index < -0.39 is 0 Å². The van der Waals surface area contributed by atoms with Crippen molar-refractivity contribution in [1.82, 2.24) is 20.3 Å². The number of carbonyl (C=O) groups excluding carboxylic acids is 1. The number of rotatable bonds is 9. The van der Waals surface area contributed by atoms with Crippen LogP contribution in [0.5, 0.6) is 5.75 Å². The predicted molar refractivity (Wildman–Crippen MR) is 114 cm³/mol. The van der Waals surface area contributed by atoms with Crippen LogP contribution in [0.2, 0.25) is 0 Å². The molecule has 1 aromatic heterocycles. The highest BCUT2D eigenvalue weighted by Gasteiger charge is 2.21. The number of hydrogen-bond acceptors (Lipinski definition) is 4. The largest absolute Gasteiger partial charge is 0.508 e. The minimum absolute atomic E-state index is 0.0327. The minimum Gasteiger partial charge on any atom is -0.508 e. The molecule has 0 aliphatic carbocycles. The second kappa shape index (κ2) is 9.05. The number of nitrogens with one attached hydrogen (secondary N) is 1. The van der Waals surface area contributed by atoms with Crippen LogP contribution in [0.15, 0.2) is 48.5 Å². The van der Waals surface area contributed by atoms with Crippen LogP contribution in [0.4, 0.5) is 0 Å². The van der Waals surface area contributed by atoms with E-state index in [2.05, 4.69) is 36.7 Å². The third-order valence-corrected chi connectivity index (χ3v) is 4.82. The molecule has 1 amide bonds. The van der Waals surface area contributed by atoms with Gasteiger partial charge in [0.1, 0.15) is 22.8 Å². The zero-order valence-electron chi connectivity index (χ0n) is 17.4. The molecule has 0 saturated carbocycles. The van der Waals surface area contributed by atoms with Crippen molar-refractivity contribution in [3.8, 4) is 5.75 Å². The van der Waals surface area contributed by atoms with Crippen molar-refractivity contribution in [2.75, 3.05) is 34.2 Å². The number of quaternary nitrogens is 1. The van der Waals surface area contributed by atoms with Gasteiger partial charge in [-0.15, -0.1) is 0 Å². The molecule has 0 spiro atoms. The lowest BCUT2D eigenvalue weighted by molar-refractivity contribution is -0.870. The smallest absolute Gasteiger partial charge is 0.222 e. The molecule has 0 bridgehead atoms. The van der Waals surface area contributed by atoms with Crippen molar-refractivity contribution in [2.45, 2.75) is 25.3 Å². The van der Waals surface area contributed by atoms with Crippen molar-refractivity contribution in [3.63, 3.8) is 0 Å². The highest BCUT2D eigenvalue weighted by atomic mass is 16.3. The van der Waals surface area contributed by atoms with Crippen molar-refractivity contribution in [1.29, 1.82) is 0 Å². The molecule has 0 saturated heterocycles. The highest BCUT2D eigenvalue weighted by Crippen LogP contribution is 2.24. The van der Waals surface area contributed by atoms with E-state index in [1.807, 2.05) is 36.4 Å². The van der Waals surface area contributed by atoms with E-state index in [0.717, 1.165) is 40.5 Å². The first kappa shape index (κ1) is 20.8. The second-order valence-electron chi connectivity index (χ2n) is 8.39. The van der Waals surface area contributed by atoms with Gasteiger partial charge in [0.05, 0.1) is 34.1 Å². The molecule has 3 rings (SSSR count). The van der Waals surface area contributed by atoms with Gasteiger partial charge in [0.15, 0.2) is 0 Å². The molecule has 0 aliphatic rings. The molecule has 1 atom stereocenters. The van der Waals surface area contributed by atoms with Crippen LogP contribution < -0.4 is 5.32 Å². The van der Waals surface area contributed by atoms with Gasteiger partial charge in [0.25, 0.3) is 0 Å². The first-order chi connectivity index (χ1) is 13.8. The molecule has 0 radical (unpaired) electrons. The summed E-state index contributed by atoms with van der Waals surface area (Å²) < 4.78 is 0.926. The van der Waals surface area contributed by atoms with Crippen LogP contribution in [0, 0.1) is 0 Å². The van der Waals surface area contributed by atoms with Crippen LogP contribution >= 0.6 is 0 Å². The summed E-state index contributed by atoms with van der Waals surface area (Å²) in [6.07, 6.45) is 2.26. The highest BCUT2D eigenvalue weighted by molar-refractivity contribution is 5.77. The predicted octanol–water partition coefficient (Wildman–Crippen LogP) is 2.72. The fourth-order valence-electron chi connectivity index (χ4n) is 3.23. The standard InChI is InChI=1S/C22H29N5O2/c1-27(2,3)15-7-6-14-23-22(29)16-21(17-10-12-18(28)13-11-17)26-24-19-8-4-5-9-20(19)25-26/h4-5,8-13,21H,6-7,14-16H2,1-3H3,(H-,23,28,29)/p+1. The third-order valence-electron chi connectivity index (χ3n) is 4.82. The molecule has 7 heteroatoms. The molecule has 2 N–H and O–H groups in total. The summed E-state index contributed by atoms with van der Waals surface area (Å²) in [6.45, 7) is 1.74. The molecule has 154 valence electrons. The number of unbranched alkanes of at least 4 members (excludes halogenated alkanes) is 1. The Balaban J connectivity index is 1.68. The number of aromatic nitrogens is 3. The maximum absolute atomic E-state index is 12.6. The van der Waals surface area contributed by atoms with Crippen LogP contribution in [0.3, 0.4) is 0 Å². The minimum atomic E-state index is -0.339. The van der Waals surface area contributed by atoms with Gasteiger partial charge in [-0.1, -0.05) is 24.3 Å². The van der Waals surface area contributed by atoms with E-state index in [9.17, 15) is 9.90 Å². The van der Waals surface area contributed by atoms with E-state index in [-0.39, 0.29) is 24.1 Å². The number of carbonyl (C=O) groups is 1. The van der Waals surface area contributed by atoms with Gasteiger partial charge >= 0.3 is 0 Å². The van der Waals surface area contributed by atoms with Crippen molar-refractivity contribution in [3.05, 3.63) is 54.1 Å². The zero-order chi connectivity index (χ0) is 20.9. The Morgan fingerprint density at radius 1 is 1.03 bits per heavy atom. The van der Waals surface area contributed by atoms with Crippen LogP contribution in [0.1, 0.15) is 30.9 Å². The molecule has 7 nitrogen and oxygen atoms in total. The first-order valence-corrected chi connectivity index (χ1v) is 9.99. The van der Waals surface area contributed by atoms with E-state index in [0.29, 0.717) is 6.54 Å². The summed E-state index contributed by atoms with van der Waals surface area (Å²) in [5.41, 5.74) is 2.46. The Labute approximate surface area is 171 Å². The maximum atomic E-state index is 12.6. The molecular weight excluding hydrogens is 366 g/mol. The van der Waals surface area contributed by atoms with Gasteiger partial charge in [0, 0.05) is 6.54 Å². The van der Waals surface area contributed by atoms with Crippen LogP contribution in [0.25, 0.3) is 11.0 Å². The third kappa shape index (κ3) is 6.02. The van der Waals surface area contributed by atoms with Gasteiger partial charge in [-0.2, -0.15) is 15.0 Å². The Morgan fingerprint density at radius 2 is 1.66 bits per heavy atom. The van der Waals surface area contributed by atoms with E-state index in [1.165, 1.54) is 0 Å². The molecule has 2 aromatic carbocycles. The number of hydrogen-bond donors (Lipinski definition) is 2.